The Kier molecular flexibility index (Phi) is 5.01. The van der Waals surface area contributed by atoms with Gasteiger partial charge in [-0.05, 0) is 42.5 Å². The van der Waals surface area contributed by atoms with E-state index >= 15 is 0 Å². The van der Waals surface area contributed by atoms with Crippen LogP contribution in [0.3, 0.4) is 0 Å². The van der Waals surface area contributed by atoms with Crippen LogP contribution in [-0.2, 0) is 6.18 Å². The van der Waals surface area contributed by atoms with Gasteiger partial charge >= 0.3 is 6.18 Å². The van der Waals surface area contributed by atoms with Gasteiger partial charge in [-0.3, -0.25) is 4.79 Å². The Morgan fingerprint density at radius 2 is 1.81 bits per heavy atom. The number of amides is 1. The number of carbonyl (C=O) groups excluding carboxylic acids is 1. The van der Waals surface area contributed by atoms with E-state index in [1.807, 2.05) is 0 Å². The van der Waals surface area contributed by atoms with Crippen molar-refractivity contribution in [3.8, 4) is 17.0 Å². The van der Waals surface area contributed by atoms with E-state index in [4.69, 9.17) is 4.74 Å². The SMILES string of the molecule is COc1cccc(NC(=O)c2nc3nc(-c4ccc(F)cc4)cc(C(F)(F)F)n3n2)c1. The van der Waals surface area contributed by atoms with E-state index in [2.05, 4.69) is 20.4 Å². The summed E-state index contributed by atoms with van der Waals surface area (Å²) < 4.78 is 59.6. The van der Waals surface area contributed by atoms with Gasteiger partial charge in [-0.1, -0.05) is 6.07 Å². The average molecular weight is 431 g/mol. The number of halogens is 4. The molecule has 0 fully saturated rings. The minimum absolute atomic E-state index is 0.0908. The van der Waals surface area contributed by atoms with Gasteiger partial charge < -0.3 is 10.1 Å². The zero-order valence-electron chi connectivity index (χ0n) is 15.8. The first kappa shape index (κ1) is 20.3. The molecule has 2 aromatic carbocycles. The highest BCUT2D eigenvalue weighted by molar-refractivity contribution is 6.01. The fraction of sp³-hybridized carbons (Fsp3) is 0.100. The minimum atomic E-state index is -4.80. The highest BCUT2D eigenvalue weighted by Crippen LogP contribution is 2.32. The molecule has 0 aliphatic carbocycles. The van der Waals surface area contributed by atoms with Crippen LogP contribution in [0.4, 0.5) is 23.2 Å². The number of nitrogens with one attached hydrogen (secondary N) is 1. The summed E-state index contributed by atoms with van der Waals surface area (Å²) in [6.45, 7) is 0. The summed E-state index contributed by atoms with van der Waals surface area (Å²) in [5.41, 5.74) is -0.671. The Morgan fingerprint density at radius 3 is 2.48 bits per heavy atom. The van der Waals surface area contributed by atoms with Gasteiger partial charge in [0.15, 0.2) is 5.69 Å². The standard InChI is InChI=1S/C20H13F4N5O2/c1-31-14-4-2-3-13(9-14)25-18(30)17-27-19-26-15(11-5-7-12(21)8-6-11)10-16(20(22,23)24)29(19)28-17/h2-10H,1H3,(H,25,30). The molecule has 0 atom stereocenters. The Hall–Kier alpha value is -4.02. The van der Waals surface area contributed by atoms with Crippen LogP contribution in [0.25, 0.3) is 17.0 Å². The topological polar surface area (TPSA) is 81.4 Å². The van der Waals surface area contributed by atoms with Crippen molar-refractivity contribution in [2.45, 2.75) is 6.18 Å². The first-order valence-electron chi connectivity index (χ1n) is 8.81. The number of methoxy groups -OCH3 is 1. The molecule has 4 aromatic rings. The van der Waals surface area contributed by atoms with E-state index in [1.165, 1.54) is 25.3 Å². The largest absolute Gasteiger partial charge is 0.497 e. The number of fused-ring (bicyclic) bond motifs is 1. The fourth-order valence-corrected chi connectivity index (χ4v) is 2.82. The molecule has 0 saturated carbocycles. The monoisotopic (exact) mass is 431 g/mol. The van der Waals surface area contributed by atoms with Gasteiger partial charge in [0, 0.05) is 17.3 Å². The van der Waals surface area contributed by atoms with E-state index in [1.54, 1.807) is 18.2 Å². The summed E-state index contributed by atoms with van der Waals surface area (Å²) in [6.07, 6.45) is -4.80. The van der Waals surface area contributed by atoms with Crippen LogP contribution in [-0.4, -0.2) is 32.6 Å². The molecule has 0 saturated heterocycles. The lowest BCUT2D eigenvalue weighted by Crippen LogP contribution is -2.16. The maximum absolute atomic E-state index is 13.6. The molecule has 4 rings (SSSR count). The summed E-state index contributed by atoms with van der Waals surface area (Å²) in [5.74, 6) is -1.82. The third kappa shape index (κ3) is 4.15. The molecule has 7 nitrogen and oxygen atoms in total. The van der Waals surface area contributed by atoms with Crippen molar-refractivity contribution in [2.75, 3.05) is 12.4 Å². The highest BCUT2D eigenvalue weighted by Gasteiger charge is 2.36. The van der Waals surface area contributed by atoms with Gasteiger partial charge in [-0.25, -0.2) is 9.37 Å². The second-order valence-electron chi connectivity index (χ2n) is 6.36. The molecule has 0 unspecified atom stereocenters. The van der Waals surface area contributed by atoms with Gasteiger partial charge in [0.05, 0.1) is 12.8 Å². The third-order valence-corrected chi connectivity index (χ3v) is 4.27. The third-order valence-electron chi connectivity index (χ3n) is 4.27. The first-order valence-corrected chi connectivity index (χ1v) is 8.81. The van der Waals surface area contributed by atoms with Crippen LogP contribution in [0.2, 0.25) is 0 Å². The number of benzene rings is 2. The molecule has 31 heavy (non-hydrogen) atoms. The Morgan fingerprint density at radius 1 is 1.06 bits per heavy atom. The zero-order chi connectivity index (χ0) is 22.2. The van der Waals surface area contributed by atoms with Gasteiger partial charge in [0.1, 0.15) is 11.6 Å². The lowest BCUT2D eigenvalue weighted by atomic mass is 10.1. The molecule has 2 aromatic heterocycles. The number of hydrogen-bond acceptors (Lipinski definition) is 5. The number of alkyl halides is 3. The molecular weight excluding hydrogens is 418 g/mol. The number of rotatable bonds is 4. The Labute approximate surface area is 172 Å². The smallest absolute Gasteiger partial charge is 0.433 e. The van der Waals surface area contributed by atoms with Crippen molar-refractivity contribution < 1.29 is 27.1 Å². The first-order chi connectivity index (χ1) is 14.7. The molecule has 11 heteroatoms. The van der Waals surface area contributed by atoms with Gasteiger partial charge in [-0.15, -0.1) is 5.10 Å². The summed E-state index contributed by atoms with van der Waals surface area (Å²) in [5, 5.41) is 6.18. The van der Waals surface area contributed by atoms with Crippen LogP contribution in [0.5, 0.6) is 5.75 Å². The number of carbonyl (C=O) groups is 1. The van der Waals surface area contributed by atoms with E-state index in [0.29, 0.717) is 16.0 Å². The van der Waals surface area contributed by atoms with Crippen molar-refractivity contribution in [2.24, 2.45) is 0 Å². The van der Waals surface area contributed by atoms with Crippen molar-refractivity contribution in [3.63, 3.8) is 0 Å². The van der Waals surface area contributed by atoms with Crippen molar-refractivity contribution >= 4 is 17.4 Å². The van der Waals surface area contributed by atoms with E-state index in [-0.39, 0.29) is 11.3 Å². The predicted molar refractivity (Wildman–Crippen MR) is 102 cm³/mol. The van der Waals surface area contributed by atoms with Crippen molar-refractivity contribution in [3.05, 3.63) is 71.9 Å². The van der Waals surface area contributed by atoms with Gasteiger partial charge in [-0.2, -0.15) is 22.7 Å². The summed E-state index contributed by atoms with van der Waals surface area (Å²) in [4.78, 5) is 20.4. The van der Waals surface area contributed by atoms with Crippen LogP contribution in [0.1, 0.15) is 16.3 Å². The number of hydrogen-bond donors (Lipinski definition) is 1. The number of anilines is 1. The average Bonchev–Trinajstić information content (AvgIpc) is 3.17. The van der Waals surface area contributed by atoms with E-state index in [9.17, 15) is 22.4 Å². The molecule has 0 spiro atoms. The molecule has 2 heterocycles. The molecule has 0 bridgehead atoms. The summed E-state index contributed by atoms with van der Waals surface area (Å²) in [6, 6.07) is 11.9. The normalized spacial score (nSPS) is 11.5. The Balaban J connectivity index is 1.76. The number of ether oxygens (including phenoxy) is 1. The predicted octanol–water partition coefficient (Wildman–Crippen LogP) is 4.21. The quantitative estimate of drug-likeness (QED) is 0.490. The summed E-state index contributed by atoms with van der Waals surface area (Å²) >= 11 is 0. The number of nitrogens with zero attached hydrogens (tertiary/aromatic N) is 4. The molecule has 0 aliphatic rings. The lowest BCUT2D eigenvalue weighted by Gasteiger charge is -2.10. The van der Waals surface area contributed by atoms with Crippen LogP contribution in [0.15, 0.2) is 54.6 Å². The second-order valence-corrected chi connectivity index (χ2v) is 6.36. The minimum Gasteiger partial charge on any atom is -0.497 e. The summed E-state index contributed by atoms with van der Waals surface area (Å²) in [7, 11) is 1.45. The number of aromatic nitrogens is 4. The molecule has 158 valence electrons. The van der Waals surface area contributed by atoms with Crippen LogP contribution < -0.4 is 10.1 Å². The van der Waals surface area contributed by atoms with Gasteiger partial charge in [0.25, 0.3) is 11.7 Å². The Bertz CT molecular complexity index is 1270. The molecular formula is C20H13F4N5O2. The maximum atomic E-state index is 13.6. The zero-order valence-corrected chi connectivity index (χ0v) is 15.8. The van der Waals surface area contributed by atoms with Crippen molar-refractivity contribution in [1.29, 1.82) is 0 Å². The van der Waals surface area contributed by atoms with Gasteiger partial charge in [0.2, 0.25) is 5.82 Å². The maximum Gasteiger partial charge on any atom is 0.433 e. The van der Waals surface area contributed by atoms with Crippen LogP contribution in [0, 0.1) is 5.82 Å². The van der Waals surface area contributed by atoms with Crippen molar-refractivity contribution in [1.82, 2.24) is 19.6 Å². The van der Waals surface area contributed by atoms with E-state index in [0.717, 1.165) is 18.2 Å². The fourth-order valence-electron chi connectivity index (χ4n) is 2.82. The highest BCUT2D eigenvalue weighted by atomic mass is 19.4. The molecule has 1 N–H and O–H groups in total. The lowest BCUT2D eigenvalue weighted by molar-refractivity contribution is -0.142. The molecule has 0 radical (unpaired) electrons. The van der Waals surface area contributed by atoms with E-state index < -0.39 is 35.2 Å². The molecule has 0 aliphatic heterocycles. The molecule has 1 amide bonds. The second kappa shape index (κ2) is 7.67. The van der Waals surface area contributed by atoms with Crippen LogP contribution >= 0.6 is 0 Å².